The molecule has 0 aliphatic carbocycles. The van der Waals surface area contributed by atoms with Gasteiger partial charge < -0.3 is 5.73 Å². The van der Waals surface area contributed by atoms with Crippen LogP contribution in [0.25, 0.3) is 0 Å². The molecule has 98 valence electrons. The maximum atomic E-state index is 5.83. The Morgan fingerprint density at radius 3 is 2.72 bits per heavy atom. The highest BCUT2D eigenvalue weighted by molar-refractivity contribution is 5.33. The number of nitrogens with zero attached hydrogens (tertiary/aromatic N) is 5. The first-order valence-corrected chi connectivity index (χ1v) is 6.35. The van der Waals surface area contributed by atoms with Crippen LogP contribution in [0.1, 0.15) is 37.4 Å². The number of rotatable bonds is 5. The molecule has 0 atom stereocenters. The Hall–Kier alpha value is -1.85. The van der Waals surface area contributed by atoms with Gasteiger partial charge in [0.15, 0.2) is 5.82 Å². The molecule has 2 rings (SSSR count). The molecule has 6 nitrogen and oxygen atoms in total. The summed E-state index contributed by atoms with van der Waals surface area (Å²) in [6.07, 6.45) is 2.87. The molecule has 0 spiro atoms. The van der Waals surface area contributed by atoms with E-state index < -0.39 is 0 Å². The van der Waals surface area contributed by atoms with Gasteiger partial charge in [0.25, 0.3) is 0 Å². The number of nitrogens with two attached hydrogens (primary N) is 1. The third kappa shape index (κ3) is 2.37. The first-order valence-electron chi connectivity index (χ1n) is 6.35. The van der Waals surface area contributed by atoms with Gasteiger partial charge in [0.1, 0.15) is 0 Å². The van der Waals surface area contributed by atoms with Gasteiger partial charge in [-0.3, -0.25) is 4.68 Å². The zero-order chi connectivity index (χ0) is 13.1. The molecule has 0 unspecified atom stereocenters. The summed E-state index contributed by atoms with van der Waals surface area (Å²) in [5.41, 5.74) is 9.06. The molecule has 0 aliphatic rings. The molecular formula is C12H20N6. The highest BCUT2D eigenvalue weighted by Crippen LogP contribution is 2.13. The van der Waals surface area contributed by atoms with Crippen LogP contribution >= 0.6 is 0 Å². The molecule has 0 aliphatic heterocycles. The van der Waals surface area contributed by atoms with E-state index in [0.29, 0.717) is 12.4 Å². The zero-order valence-electron chi connectivity index (χ0n) is 11.2. The summed E-state index contributed by atoms with van der Waals surface area (Å²) in [6, 6.07) is 2.10. The minimum absolute atomic E-state index is 0.537. The maximum absolute atomic E-state index is 5.83. The van der Waals surface area contributed by atoms with Crippen LogP contribution < -0.4 is 5.73 Å². The maximum Gasteiger partial charge on any atom is 0.169 e. The van der Waals surface area contributed by atoms with E-state index in [4.69, 9.17) is 5.73 Å². The van der Waals surface area contributed by atoms with Gasteiger partial charge in [-0.2, -0.15) is 5.10 Å². The van der Waals surface area contributed by atoms with E-state index in [1.54, 1.807) is 0 Å². The van der Waals surface area contributed by atoms with E-state index in [0.717, 1.165) is 36.3 Å². The second-order valence-corrected chi connectivity index (χ2v) is 4.43. The Morgan fingerprint density at radius 1 is 1.33 bits per heavy atom. The molecule has 18 heavy (non-hydrogen) atoms. The molecule has 2 aromatic heterocycles. The van der Waals surface area contributed by atoms with Crippen molar-refractivity contribution < 1.29 is 0 Å². The van der Waals surface area contributed by atoms with Crippen molar-refractivity contribution in [2.45, 2.75) is 39.7 Å². The summed E-state index contributed by atoms with van der Waals surface area (Å²) in [5.74, 6) is 0.537. The monoisotopic (exact) mass is 248 g/mol. The second-order valence-electron chi connectivity index (χ2n) is 4.43. The van der Waals surface area contributed by atoms with Crippen molar-refractivity contribution in [3.05, 3.63) is 23.1 Å². The van der Waals surface area contributed by atoms with Crippen molar-refractivity contribution in [1.29, 1.82) is 0 Å². The lowest BCUT2D eigenvalue weighted by atomic mass is 10.2. The van der Waals surface area contributed by atoms with Crippen molar-refractivity contribution in [3.8, 4) is 0 Å². The molecule has 0 saturated carbocycles. The van der Waals surface area contributed by atoms with Crippen LogP contribution in [0.2, 0.25) is 0 Å². The number of hydrogen-bond acceptors (Lipinski definition) is 4. The number of anilines is 1. The second kappa shape index (κ2) is 5.20. The fourth-order valence-corrected chi connectivity index (χ4v) is 2.01. The molecule has 2 N–H and O–H groups in total. The molecule has 0 bridgehead atoms. The van der Waals surface area contributed by atoms with E-state index in [1.807, 2.05) is 16.4 Å². The largest absolute Gasteiger partial charge is 0.381 e. The minimum Gasteiger partial charge on any atom is -0.381 e. The number of hydrogen-bond donors (Lipinski definition) is 1. The molecule has 0 saturated heterocycles. The molecule has 0 fully saturated rings. The van der Waals surface area contributed by atoms with E-state index >= 15 is 0 Å². The third-order valence-corrected chi connectivity index (χ3v) is 3.06. The van der Waals surface area contributed by atoms with Gasteiger partial charge in [0.05, 0.1) is 23.6 Å². The zero-order valence-corrected chi connectivity index (χ0v) is 11.2. The topological polar surface area (TPSA) is 74.6 Å². The lowest BCUT2D eigenvalue weighted by Gasteiger charge is -2.06. The van der Waals surface area contributed by atoms with Gasteiger partial charge >= 0.3 is 0 Å². The Kier molecular flexibility index (Phi) is 3.64. The molecule has 0 amide bonds. The highest BCUT2D eigenvalue weighted by atomic mass is 15.4. The number of aryl methyl sites for hydroxylation is 2. The Labute approximate surface area is 107 Å². The van der Waals surface area contributed by atoms with Crippen LogP contribution in [0.15, 0.2) is 6.07 Å². The quantitative estimate of drug-likeness (QED) is 0.861. The van der Waals surface area contributed by atoms with E-state index in [1.165, 1.54) is 0 Å². The van der Waals surface area contributed by atoms with Crippen molar-refractivity contribution in [1.82, 2.24) is 24.8 Å². The summed E-state index contributed by atoms with van der Waals surface area (Å²) in [5, 5.41) is 12.5. The fraction of sp³-hybridized carbons (Fsp3) is 0.583. The summed E-state index contributed by atoms with van der Waals surface area (Å²) in [7, 11) is 1.95. The van der Waals surface area contributed by atoms with Crippen molar-refractivity contribution in [3.63, 3.8) is 0 Å². The molecule has 6 heteroatoms. The summed E-state index contributed by atoms with van der Waals surface area (Å²) < 4.78 is 3.77. The van der Waals surface area contributed by atoms with Gasteiger partial charge in [-0.25, -0.2) is 4.68 Å². The first-order chi connectivity index (χ1) is 8.65. The molecule has 0 aromatic carbocycles. The Balaban J connectivity index is 2.25. The summed E-state index contributed by atoms with van der Waals surface area (Å²) in [4.78, 5) is 0. The third-order valence-electron chi connectivity index (χ3n) is 3.06. The van der Waals surface area contributed by atoms with E-state index in [9.17, 15) is 0 Å². The number of nitrogen functional groups attached to an aromatic ring is 1. The smallest absolute Gasteiger partial charge is 0.169 e. The average Bonchev–Trinajstić information content (AvgIpc) is 2.87. The van der Waals surface area contributed by atoms with Gasteiger partial charge in [-0.15, -0.1) is 5.10 Å². The molecule has 0 radical (unpaired) electrons. The van der Waals surface area contributed by atoms with Crippen molar-refractivity contribution >= 4 is 5.82 Å². The van der Waals surface area contributed by atoms with Crippen LogP contribution in [0.3, 0.4) is 0 Å². The molecular weight excluding hydrogens is 228 g/mol. The van der Waals surface area contributed by atoms with Gasteiger partial charge in [0.2, 0.25) is 0 Å². The Bertz CT molecular complexity index is 525. The predicted octanol–water partition coefficient (Wildman–Crippen LogP) is 1.16. The fourth-order valence-electron chi connectivity index (χ4n) is 2.01. The van der Waals surface area contributed by atoms with Crippen LogP contribution in [0, 0.1) is 0 Å². The van der Waals surface area contributed by atoms with Crippen LogP contribution in [-0.4, -0.2) is 24.8 Å². The van der Waals surface area contributed by atoms with E-state index in [-0.39, 0.29) is 0 Å². The SMILES string of the molecule is CCCc1c(N)nnn1Cc1cc(CC)nn1C. The average molecular weight is 248 g/mol. The number of aromatic nitrogens is 5. The van der Waals surface area contributed by atoms with Crippen LogP contribution in [-0.2, 0) is 26.4 Å². The normalized spacial score (nSPS) is 11.1. The summed E-state index contributed by atoms with van der Waals surface area (Å²) in [6.45, 7) is 4.89. The van der Waals surface area contributed by atoms with Crippen LogP contribution in [0.4, 0.5) is 5.82 Å². The highest BCUT2D eigenvalue weighted by Gasteiger charge is 2.12. The lowest BCUT2D eigenvalue weighted by molar-refractivity contribution is 0.575. The van der Waals surface area contributed by atoms with E-state index in [2.05, 4.69) is 35.3 Å². The van der Waals surface area contributed by atoms with Crippen molar-refractivity contribution in [2.75, 3.05) is 5.73 Å². The van der Waals surface area contributed by atoms with Gasteiger partial charge in [-0.1, -0.05) is 25.5 Å². The lowest BCUT2D eigenvalue weighted by Crippen LogP contribution is -2.10. The van der Waals surface area contributed by atoms with Crippen LogP contribution in [0.5, 0.6) is 0 Å². The first kappa shape index (κ1) is 12.6. The Morgan fingerprint density at radius 2 is 2.11 bits per heavy atom. The summed E-state index contributed by atoms with van der Waals surface area (Å²) >= 11 is 0. The van der Waals surface area contributed by atoms with Gasteiger partial charge in [-0.05, 0) is 18.9 Å². The standard InChI is InChI=1S/C12H20N6/c1-4-6-11-12(13)14-16-18(11)8-10-7-9(5-2)15-17(10)3/h7H,4-6,8,13H2,1-3H3. The molecule has 2 aromatic rings. The molecule has 2 heterocycles. The van der Waals surface area contributed by atoms with Gasteiger partial charge in [0, 0.05) is 7.05 Å². The predicted molar refractivity (Wildman–Crippen MR) is 70.1 cm³/mol. The van der Waals surface area contributed by atoms with Crippen molar-refractivity contribution in [2.24, 2.45) is 7.05 Å². The minimum atomic E-state index is 0.537.